The first-order chi connectivity index (χ1) is 14.2. The summed E-state index contributed by atoms with van der Waals surface area (Å²) in [7, 11) is 1.99. The predicted molar refractivity (Wildman–Crippen MR) is 116 cm³/mol. The molecule has 0 atom stereocenters. The number of hydrogen-bond acceptors (Lipinski definition) is 4. The van der Waals surface area contributed by atoms with Gasteiger partial charge in [-0.05, 0) is 51.8 Å². The number of rotatable bonds is 6. The number of piperidine rings is 1. The molecule has 1 aromatic carbocycles. The Morgan fingerprint density at radius 1 is 1.21 bits per heavy atom. The molecule has 6 heteroatoms. The van der Waals surface area contributed by atoms with Crippen molar-refractivity contribution in [1.29, 1.82) is 0 Å². The van der Waals surface area contributed by atoms with Crippen LogP contribution in [0.5, 0.6) is 0 Å². The summed E-state index contributed by atoms with van der Waals surface area (Å²) < 4.78 is 1.86. The average Bonchev–Trinajstić information content (AvgIpc) is 3.20. The normalized spacial score (nSPS) is 15.2. The third-order valence-electron chi connectivity index (χ3n) is 5.91. The van der Waals surface area contributed by atoms with Crippen LogP contribution in [0, 0.1) is 5.92 Å². The molecule has 1 aliphatic rings. The number of nitrogens with zero attached hydrogens (tertiary/aromatic N) is 4. The fourth-order valence-electron chi connectivity index (χ4n) is 4.16. The molecule has 0 aliphatic carbocycles. The molecule has 2 aromatic heterocycles. The number of amides is 1. The summed E-state index contributed by atoms with van der Waals surface area (Å²) in [5.74, 6) is 0.795. The largest absolute Gasteiger partial charge is 0.339 e. The molecule has 1 saturated heterocycles. The summed E-state index contributed by atoms with van der Waals surface area (Å²) >= 11 is 0. The maximum absolute atomic E-state index is 13.5. The van der Waals surface area contributed by atoms with Crippen LogP contribution in [0.1, 0.15) is 36.5 Å². The summed E-state index contributed by atoms with van der Waals surface area (Å²) in [6.45, 7) is 5.44. The van der Waals surface area contributed by atoms with Gasteiger partial charge in [-0.1, -0.05) is 30.3 Å². The van der Waals surface area contributed by atoms with Gasteiger partial charge in [0.25, 0.3) is 5.91 Å². The Labute approximate surface area is 171 Å². The SMILES string of the molecule is CCn1ncc2c(C(=O)N3CCC(CCNC)CC3)cc(-c3ccccc3)nc21. The fourth-order valence-corrected chi connectivity index (χ4v) is 4.16. The van der Waals surface area contributed by atoms with Gasteiger partial charge < -0.3 is 10.2 Å². The standard InChI is InChI=1S/C23H29N5O/c1-3-28-22-20(16-25-28)19(15-21(26-22)18-7-5-4-6-8-18)23(29)27-13-10-17(11-14-27)9-12-24-2/h4-8,15-17,24H,3,9-14H2,1-2H3. The zero-order valence-corrected chi connectivity index (χ0v) is 17.3. The minimum atomic E-state index is 0.0947. The number of benzene rings is 1. The van der Waals surface area contributed by atoms with Crippen molar-refractivity contribution in [3.8, 4) is 11.3 Å². The van der Waals surface area contributed by atoms with E-state index in [4.69, 9.17) is 4.98 Å². The zero-order valence-electron chi connectivity index (χ0n) is 17.3. The molecule has 0 spiro atoms. The smallest absolute Gasteiger partial charge is 0.254 e. The molecule has 29 heavy (non-hydrogen) atoms. The predicted octanol–water partition coefficient (Wildman–Crippen LogP) is 3.58. The van der Waals surface area contributed by atoms with Crippen molar-refractivity contribution >= 4 is 16.9 Å². The van der Waals surface area contributed by atoms with Gasteiger partial charge in [-0.3, -0.25) is 4.79 Å². The lowest BCUT2D eigenvalue weighted by Gasteiger charge is -2.32. The van der Waals surface area contributed by atoms with Gasteiger partial charge in [0.1, 0.15) is 0 Å². The van der Waals surface area contributed by atoms with E-state index in [9.17, 15) is 4.79 Å². The van der Waals surface area contributed by atoms with Crippen molar-refractivity contribution in [2.24, 2.45) is 5.92 Å². The molecule has 0 unspecified atom stereocenters. The molecular weight excluding hydrogens is 362 g/mol. The molecule has 0 radical (unpaired) electrons. The summed E-state index contributed by atoms with van der Waals surface area (Å²) in [5, 5.41) is 8.53. The van der Waals surface area contributed by atoms with Gasteiger partial charge in [-0.2, -0.15) is 5.10 Å². The van der Waals surface area contributed by atoms with Crippen LogP contribution in [0.15, 0.2) is 42.6 Å². The van der Waals surface area contributed by atoms with Crippen LogP contribution in [0.2, 0.25) is 0 Å². The topological polar surface area (TPSA) is 63.1 Å². The van der Waals surface area contributed by atoms with Crippen LogP contribution in [0.25, 0.3) is 22.3 Å². The number of aryl methyl sites for hydroxylation is 1. The van der Waals surface area contributed by atoms with Crippen molar-refractivity contribution in [2.75, 3.05) is 26.7 Å². The van der Waals surface area contributed by atoms with Crippen LogP contribution < -0.4 is 5.32 Å². The highest BCUT2D eigenvalue weighted by atomic mass is 16.2. The molecule has 4 rings (SSSR count). The molecular formula is C23H29N5O. The fraction of sp³-hybridized carbons (Fsp3) is 0.435. The minimum Gasteiger partial charge on any atom is -0.339 e. The number of fused-ring (bicyclic) bond motifs is 1. The highest BCUT2D eigenvalue weighted by molar-refractivity contribution is 6.06. The molecule has 1 fully saturated rings. The van der Waals surface area contributed by atoms with Crippen molar-refractivity contribution in [3.63, 3.8) is 0 Å². The average molecular weight is 392 g/mol. The maximum Gasteiger partial charge on any atom is 0.254 e. The van der Waals surface area contributed by atoms with Gasteiger partial charge >= 0.3 is 0 Å². The first-order valence-electron chi connectivity index (χ1n) is 10.6. The molecule has 3 heterocycles. The van der Waals surface area contributed by atoms with E-state index < -0.39 is 0 Å². The van der Waals surface area contributed by atoms with Crippen LogP contribution in [0.4, 0.5) is 0 Å². The molecule has 1 amide bonds. The van der Waals surface area contributed by atoms with Crippen molar-refractivity contribution < 1.29 is 4.79 Å². The highest BCUT2D eigenvalue weighted by Crippen LogP contribution is 2.28. The van der Waals surface area contributed by atoms with E-state index in [-0.39, 0.29) is 5.91 Å². The van der Waals surface area contributed by atoms with Gasteiger partial charge in [0, 0.05) is 25.2 Å². The summed E-state index contributed by atoms with van der Waals surface area (Å²) in [6.07, 6.45) is 5.11. The molecule has 0 saturated carbocycles. The molecule has 3 aromatic rings. The van der Waals surface area contributed by atoms with Crippen molar-refractivity contribution in [1.82, 2.24) is 25.0 Å². The molecule has 0 bridgehead atoms. The van der Waals surface area contributed by atoms with E-state index in [0.717, 1.165) is 61.3 Å². The Morgan fingerprint density at radius 3 is 2.66 bits per heavy atom. The van der Waals surface area contributed by atoms with Gasteiger partial charge in [0.05, 0.1) is 22.8 Å². The molecule has 6 nitrogen and oxygen atoms in total. The van der Waals surface area contributed by atoms with E-state index >= 15 is 0 Å². The number of aromatic nitrogens is 3. The number of likely N-dealkylation sites (tertiary alicyclic amines) is 1. The third kappa shape index (κ3) is 4.03. The van der Waals surface area contributed by atoms with Gasteiger partial charge in [0.2, 0.25) is 0 Å². The first-order valence-corrected chi connectivity index (χ1v) is 10.6. The van der Waals surface area contributed by atoms with Crippen molar-refractivity contribution in [3.05, 3.63) is 48.2 Å². The second-order valence-electron chi connectivity index (χ2n) is 7.75. The number of pyridine rings is 1. The lowest BCUT2D eigenvalue weighted by molar-refractivity contribution is 0.0689. The summed E-state index contributed by atoms with van der Waals surface area (Å²) in [4.78, 5) is 20.3. The second-order valence-corrected chi connectivity index (χ2v) is 7.75. The van der Waals surface area contributed by atoms with E-state index in [1.54, 1.807) is 6.20 Å². The zero-order chi connectivity index (χ0) is 20.2. The summed E-state index contributed by atoms with van der Waals surface area (Å²) in [6, 6.07) is 12.0. The van der Waals surface area contributed by atoms with E-state index in [1.165, 1.54) is 6.42 Å². The van der Waals surface area contributed by atoms with Crippen molar-refractivity contribution in [2.45, 2.75) is 32.7 Å². The highest BCUT2D eigenvalue weighted by Gasteiger charge is 2.26. The van der Waals surface area contributed by atoms with E-state index in [1.807, 2.05) is 60.0 Å². The third-order valence-corrected chi connectivity index (χ3v) is 5.91. The monoisotopic (exact) mass is 391 g/mol. The lowest BCUT2D eigenvalue weighted by atomic mass is 9.93. The number of hydrogen-bond donors (Lipinski definition) is 1. The van der Waals surface area contributed by atoms with Crippen LogP contribution >= 0.6 is 0 Å². The van der Waals surface area contributed by atoms with Gasteiger partial charge in [-0.25, -0.2) is 9.67 Å². The van der Waals surface area contributed by atoms with Gasteiger partial charge in [-0.15, -0.1) is 0 Å². The Kier molecular flexibility index (Phi) is 5.90. The van der Waals surface area contributed by atoms with E-state index in [0.29, 0.717) is 11.5 Å². The Bertz CT molecular complexity index is 974. The maximum atomic E-state index is 13.5. The number of carbonyl (C=O) groups is 1. The lowest BCUT2D eigenvalue weighted by Crippen LogP contribution is -2.39. The first kappa shape index (κ1) is 19.6. The Balaban J connectivity index is 1.66. The quantitative estimate of drug-likeness (QED) is 0.698. The summed E-state index contributed by atoms with van der Waals surface area (Å²) in [5.41, 5.74) is 3.32. The number of carbonyl (C=O) groups excluding carboxylic acids is 1. The Morgan fingerprint density at radius 2 is 1.97 bits per heavy atom. The van der Waals surface area contributed by atoms with Crippen LogP contribution in [-0.2, 0) is 6.54 Å². The molecule has 1 N–H and O–H groups in total. The number of nitrogens with one attached hydrogen (secondary N) is 1. The Hall–Kier alpha value is -2.73. The molecule has 1 aliphatic heterocycles. The van der Waals surface area contributed by atoms with Gasteiger partial charge in [0.15, 0.2) is 5.65 Å². The van der Waals surface area contributed by atoms with Crippen LogP contribution in [0.3, 0.4) is 0 Å². The van der Waals surface area contributed by atoms with Crippen LogP contribution in [-0.4, -0.2) is 52.3 Å². The van der Waals surface area contributed by atoms with E-state index in [2.05, 4.69) is 10.4 Å². The molecule has 152 valence electrons. The second kappa shape index (κ2) is 8.74. The minimum absolute atomic E-state index is 0.0947.